The molecular formula is C20H24F3N3O4S2. The van der Waals surface area contributed by atoms with Gasteiger partial charge in [0.15, 0.2) is 0 Å². The number of amides is 1. The summed E-state index contributed by atoms with van der Waals surface area (Å²) in [5.74, 6) is 0. The third-order valence-electron chi connectivity index (χ3n) is 5.27. The van der Waals surface area contributed by atoms with Crippen LogP contribution in [0.5, 0.6) is 0 Å². The van der Waals surface area contributed by atoms with Crippen LogP contribution < -0.4 is 0 Å². The zero-order chi connectivity index (χ0) is 23.8. The SMILES string of the molecule is CC(C)(C)OC(=O)N1C[C@@H]2C[C@H]1CN2C(=S)SC(C[N+](=O)[O-])c1ccc(C(F)(F)F)cc1. The fourth-order valence-corrected chi connectivity index (χ4v) is 5.52. The van der Waals surface area contributed by atoms with E-state index in [-0.39, 0.29) is 18.2 Å². The molecule has 12 heteroatoms. The molecule has 0 aromatic heterocycles. The third kappa shape index (κ3) is 5.83. The van der Waals surface area contributed by atoms with Crippen LogP contribution in [0, 0.1) is 10.1 Å². The summed E-state index contributed by atoms with van der Waals surface area (Å²) in [6, 6.07) is 4.27. The molecule has 0 N–H and O–H groups in total. The summed E-state index contributed by atoms with van der Waals surface area (Å²) in [4.78, 5) is 26.7. The molecule has 3 rings (SSSR count). The Bertz CT molecular complexity index is 890. The van der Waals surface area contributed by atoms with Crippen molar-refractivity contribution in [3.05, 3.63) is 45.5 Å². The van der Waals surface area contributed by atoms with Crippen LogP contribution in [-0.4, -0.2) is 62.5 Å². The van der Waals surface area contributed by atoms with E-state index in [2.05, 4.69) is 0 Å². The van der Waals surface area contributed by atoms with Gasteiger partial charge in [-0.05, 0) is 44.9 Å². The molecule has 1 amide bonds. The van der Waals surface area contributed by atoms with Gasteiger partial charge < -0.3 is 14.5 Å². The van der Waals surface area contributed by atoms with E-state index in [1.807, 2.05) is 4.90 Å². The Balaban J connectivity index is 1.66. The standard InChI is InChI=1S/C20H24F3N3O4S2/c1-19(2,3)30-17(27)24-9-15-8-14(24)10-25(15)18(31)32-16(11-26(28)29)12-4-6-13(7-5-12)20(21,22)23/h4-7,14-16H,8-11H2,1-3H3/t14-,15-,16?/m0/s1. The fourth-order valence-electron chi connectivity index (χ4n) is 3.86. The van der Waals surface area contributed by atoms with Crippen molar-refractivity contribution in [2.24, 2.45) is 0 Å². The van der Waals surface area contributed by atoms with E-state index in [9.17, 15) is 28.1 Å². The van der Waals surface area contributed by atoms with Crippen LogP contribution in [0.2, 0.25) is 0 Å². The number of nitro groups is 1. The van der Waals surface area contributed by atoms with E-state index in [1.54, 1.807) is 25.7 Å². The molecule has 32 heavy (non-hydrogen) atoms. The van der Waals surface area contributed by atoms with Gasteiger partial charge in [0.1, 0.15) is 15.2 Å². The first kappa shape index (κ1) is 24.6. The molecule has 2 bridgehead atoms. The summed E-state index contributed by atoms with van der Waals surface area (Å²) in [5, 5.41) is 10.4. The van der Waals surface area contributed by atoms with Gasteiger partial charge in [-0.1, -0.05) is 36.1 Å². The number of ether oxygens (including phenoxy) is 1. The summed E-state index contributed by atoms with van der Waals surface area (Å²) in [7, 11) is 0. The maximum absolute atomic E-state index is 12.8. The number of hydrogen-bond donors (Lipinski definition) is 0. The van der Waals surface area contributed by atoms with E-state index in [0.717, 1.165) is 30.3 Å². The molecule has 0 aliphatic carbocycles. The fraction of sp³-hybridized carbons (Fsp3) is 0.600. The Labute approximate surface area is 193 Å². The third-order valence-corrected chi connectivity index (χ3v) is 6.94. The molecular weight excluding hydrogens is 467 g/mol. The van der Waals surface area contributed by atoms with E-state index in [4.69, 9.17) is 17.0 Å². The minimum atomic E-state index is -4.48. The van der Waals surface area contributed by atoms with E-state index >= 15 is 0 Å². The molecule has 1 unspecified atom stereocenters. The lowest BCUT2D eigenvalue weighted by Crippen LogP contribution is -2.51. The molecule has 0 radical (unpaired) electrons. The van der Waals surface area contributed by atoms with Crippen LogP contribution in [0.4, 0.5) is 18.0 Å². The minimum Gasteiger partial charge on any atom is -0.444 e. The number of rotatable bonds is 4. The first-order chi connectivity index (χ1) is 14.7. The molecule has 2 saturated heterocycles. The Hall–Kier alpha value is -2.08. The first-order valence-electron chi connectivity index (χ1n) is 10.0. The normalized spacial score (nSPS) is 21.6. The van der Waals surface area contributed by atoms with Crippen molar-refractivity contribution < 1.29 is 27.6 Å². The second-order valence-corrected chi connectivity index (χ2v) is 10.7. The van der Waals surface area contributed by atoms with Gasteiger partial charge in [0.2, 0.25) is 6.54 Å². The van der Waals surface area contributed by atoms with Crippen molar-refractivity contribution in [1.82, 2.24) is 9.80 Å². The van der Waals surface area contributed by atoms with Crippen molar-refractivity contribution >= 4 is 34.4 Å². The lowest BCUT2D eigenvalue weighted by atomic mass is 10.1. The van der Waals surface area contributed by atoms with Gasteiger partial charge in [-0.3, -0.25) is 10.1 Å². The highest BCUT2D eigenvalue weighted by Gasteiger charge is 2.47. The first-order valence-corrected chi connectivity index (χ1v) is 11.3. The van der Waals surface area contributed by atoms with Gasteiger partial charge >= 0.3 is 12.3 Å². The summed E-state index contributed by atoms with van der Waals surface area (Å²) in [6.45, 7) is 5.87. The maximum Gasteiger partial charge on any atom is 0.416 e. The van der Waals surface area contributed by atoms with Gasteiger partial charge in [-0.2, -0.15) is 13.2 Å². The molecule has 7 nitrogen and oxygen atoms in total. The number of likely N-dealkylation sites (tertiary alicyclic amines) is 2. The monoisotopic (exact) mass is 491 g/mol. The van der Waals surface area contributed by atoms with E-state index in [0.29, 0.717) is 23.0 Å². The van der Waals surface area contributed by atoms with Crippen molar-refractivity contribution in [3.63, 3.8) is 0 Å². The zero-order valence-corrected chi connectivity index (χ0v) is 19.4. The second kappa shape index (κ2) is 9.05. The Morgan fingerprint density at radius 2 is 1.78 bits per heavy atom. The molecule has 2 fully saturated rings. The molecule has 1 aromatic rings. The lowest BCUT2D eigenvalue weighted by molar-refractivity contribution is -0.479. The topological polar surface area (TPSA) is 75.9 Å². The summed E-state index contributed by atoms with van der Waals surface area (Å²) in [5.41, 5.74) is -1.00. The number of nitrogens with zero attached hydrogens (tertiary/aromatic N) is 3. The molecule has 2 heterocycles. The van der Waals surface area contributed by atoms with Crippen molar-refractivity contribution in [2.45, 2.75) is 56.3 Å². The van der Waals surface area contributed by atoms with Crippen LogP contribution >= 0.6 is 24.0 Å². The predicted octanol–water partition coefficient (Wildman–Crippen LogP) is 4.73. The van der Waals surface area contributed by atoms with Crippen molar-refractivity contribution in [3.8, 4) is 0 Å². The number of carbonyl (C=O) groups excluding carboxylic acids is 1. The number of hydrogen-bond acceptors (Lipinski definition) is 6. The minimum absolute atomic E-state index is 0.0172. The van der Waals surface area contributed by atoms with Crippen LogP contribution in [0.15, 0.2) is 24.3 Å². The molecule has 176 valence electrons. The molecule has 2 aliphatic rings. The van der Waals surface area contributed by atoms with Crippen molar-refractivity contribution in [2.75, 3.05) is 19.6 Å². The van der Waals surface area contributed by atoms with Crippen LogP contribution in [0.25, 0.3) is 0 Å². The van der Waals surface area contributed by atoms with Crippen LogP contribution in [-0.2, 0) is 10.9 Å². The summed E-state index contributed by atoms with van der Waals surface area (Å²) >= 11 is 6.63. The number of fused-ring (bicyclic) bond motifs is 2. The van der Waals surface area contributed by atoms with Gasteiger partial charge in [-0.15, -0.1) is 0 Å². The highest BCUT2D eigenvalue weighted by molar-refractivity contribution is 8.23. The molecule has 1 aromatic carbocycles. The van der Waals surface area contributed by atoms with Crippen LogP contribution in [0.1, 0.15) is 43.6 Å². The van der Waals surface area contributed by atoms with Gasteiger partial charge in [-0.25, -0.2) is 4.79 Å². The number of benzene rings is 1. The average Bonchev–Trinajstić information content (AvgIpc) is 3.26. The number of piperazine rings is 1. The number of carbonyl (C=O) groups is 1. The average molecular weight is 492 g/mol. The van der Waals surface area contributed by atoms with Gasteiger partial charge in [0, 0.05) is 18.0 Å². The number of alkyl halides is 3. The maximum atomic E-state index is 12.8. The summed E-state index contributed by atoms with van der Waals surface area (Å²) in [6.07, 6.45) is -4.13. The predicted molar refractivity (Wildman–Crippen MR) is 118 cm³/mol. The Morgan fingerprint density at radius 1 is 1.22 bits per heavy atom. The summed E-state index contributed by atoms with van der Waals surface area (Å²) < 4.78 is 44.4. The Morgan fingerprint density at radius 3 is 2.25 bits per heavy atom. The highest BCUT2D eigenvalue weighted by Crippen LogP contribution is 2.39. The molecule has 2 aliphatic heterocycles. The van der Waals surface area contributed by atoms with Crippen LogP contribution in [0.3, 0.4) is 0 Å². The number of halogens is 3. The smallest absolute Gasteiger partial charge is 0.416 e. The van der Waals surface area contributed by atoms with Crippen molar-refractivity contribution in [1.29, 1.82) is 0 Å². The number of thiocarbonyl (C=S) groups is 1. The highest BCUT2D eigenvalue weighted by atomic mass is 32.2. The molecule has 0 spiro atoms. The lowest BCUT2D eigenvalue weighted by Gasteiger charge is -2.36. The van der Waals surface area contributed by atoms with E-state index < -0.39 is 34.1 Å². The molecule has 0 saturated carbocycles. The molecule has 3 atom stereocenters. The van der Waals surface area contributed by atoms with E-state index in [1.165, 1.54) is 12.1 Å². The number of thioether (sulfide) groups is 1. The largest absolute Gasteiger partial charge is 0.444 e. The second-order valence-electron chi connectivity index (χ2n) is 8.84. The van der Waals surface area contributed by atoms with Gasteiger partial charge in [0.25, 0.3) is 0 Å². The van der Waals surface area contributed by atoms with Gasteiger partial charge in [0.05, 0.1) is 17.6 Å². The quantitative estimate of drug-likeness (QED) is 0.342. The Kier molecular flexibility index (Phi) is 6.94. The zero-order valence-electron chi connectivity index (χ0n) is 17.8.